The van der Waals surface area contributed by atoms with Gasteiger partial charge in [0, 0.05) is 41.8 Å². The monoisotopic (exact) mass is 359 g/mol. The number of aromatic nitrogens is 1. The van der Waals surface area contributed by atoms with Gasteiger partial charge in [-0.05, 0) is 22.6 Å². The zero-order valence-corrected chi connectivity index (χ0v) is 14.6. The maximum absolute atomic E-state index is 13.0. The predicted octanol–water partition coefficient (Wildman–Crippen LogP) is 1.14. The minimum Gasteiger partial charge on any atom is -0.427 e. The molecule has 0 saturated carbocycles. The van der Waals surface area contributed by atoms with Gasteiger partial charge in [0.2, 0.25) is 0 Å². The minimum atomic E-state index is -1.13. The second kappa shape index (κ2) is 7.30. The van der Waals surface area contributed by atoms with Crippen molar-refractivity contribution in [1.82, 2.24) is 4.98 Å². The quantitative estimate of drug-likeness (QED) is 0.666. The number of rotatable bonds is 5. The Labute approximate surface area is 156 Å². The first kappa shape index (κ1) is 17.4. The van der Waals surface area contributed by atoms with Gasteiger partial charge in [0.15, 0.2) is 0 Å². The van der Waals surface area contributed by atoms with Crippen LogP contribution >= 0.6 is 0 Å². The van der Waals surface area contributed by atoms with Crippen LogP contribution in [0, 0.1) is 0 Å². The third kappa shape index (κ3) is 3.34. The van der Waals surface area contributed by atoms with Crippen molar-refractivity contribution in [3.8, 4) is 0 Å². The molecule has 1 aliphatic rings. The highest BCUT2D eigenvalue weighted by Crippen LogP contribution is 2.23. The van der Waals surface area contributed by atoms with E-state index in [2.05, 4.69) is 10.1 Å². The average Bonchev–Trinajstić information content (AvgIpc) is 2.69. The molecule has 0 saturated heterocycles. The van der Waals surface area contributed by atoms with Gasteiger partial charge in [-0.25, -0.2) is 0 Å². The lowest BCUT2D eigenvalue weighted by Gasteiger charge is -2.21. The van der Waals surface area contributed by atoms with E-state index < -0.39 is 13.0 Å². The van der Waals surface area contributed by atoms with Gasteiger partial charge in [-0.2, -0.15) is 0 Å². The van der Waals surface area contributed by atoms with Gasteiger partial charge in [-0.1, -0.05) is 36.4 Å². The van der Waals surface area contributed by atoms with Crippen molar-refractivity contribution in [2.45, 2.75) is 12.3 Å². The van der Waals surface area contributed by atoms with Crippen molar-refractivity contribution in [3.63, 3.8) is 0 Å². The number of ketones is 1. The van der Waals surface area contributed by atoms with Crippen LogP contribution in [0.15, 0.2) is 60.0 Å². The third-order valence-corrected chi connectivity index (χ3v) is 4.87. The smallest absolute Gasteiger partial charge is 0.427 e. The summed E-state index contributed by atoms with van der Waals surface area (Å²) in [7, 11) is -1.13. The summed E-state index contributed by atoms with van der Waals surface area (Å²) in [6.07, 6.45) is 5.34. The Balaban J connectivity index is 1.64. The molecular weight excluding hydrogens is 341 g/mol. The highest BCUT2D eigenvalue weighted by atomic mass is 16.6. The topological polar surface area (TPSA) is 97.8 Å². The van der Waals surface area contributed by atoms with Crippen LogP contribution in [0.2, 0.25) is 0 Å². The molecular formula is C20H18BN3O3. The number of hydrogen-bond acceptors (Lipinski definition) is 6. The fourth-order valence-corrected chi connectivity index (χ4v) is 3.47. The number of benzene rings is 2. The molecule has 0 bridgehead atoms. The van der Waals surface area contributed by atoms with Gasteiger partial charge in [0.05, 0.1) is 12.1 Å². The third-order valence-electron chi connectivity index (χ3n) is 4.87. The zero-order valence-electron chi connectivity index (χ0n) is 14.6. The Bertz CT molecular complexity index is 1040. The Morgan fingerprint density at radius 2 is 2.11 bits per heavy atom. The van der Waals surface area contributed by atoms with Crippen molar-refractivity contribution in [1.29, 1.82) is 0 Å². The van der Waals surface area contributed by atoms with E-state index in [0.717, 1.165) is 21.9 Å². The fourth-order valence-electron chi connectivity index (χ4n) is 3.47. The molecule has 2 aromatic carbocycles. The molecule has 0 radical (unpaired) electrons. The summed E-state index contributed by atoms with van der Waals surface area (Å²) in [5, 5.41) is 15.8. The van der Waals surface area contributed by atoms with Gasteiger partial charge >= 0.3 is 7.12 Å². The first-order valence-electron chi connectivity index (χ1n) is 8.73. The lowest BCUT2D eigenvalue weighted by atomic mass is 9.73. The summed E-state index contributed by atoms with van der Waals surface area (Å²) in [6, 6.07) is 13.2. The van der Waals surface area contributed by atoms with Crippen LogP contribution < -0.4 is 11.2 Å². The lowest BCUT2D eigenvalue weighted by molar-refractivity contribution is -0.119. The summed E-state index contributed by atoms with van der Waals surface area (Å²) in [5.74, 6) is -0.460. The maximum Gasteiger partial charge on any atom is 0.583 e. The molecule has 0 spiro atoms. The van der Waals surface area contributed by atoms with E-state index in [9.17, 15) is 9.82 Å². The molecule has 2 heterocycles. The molecule has 4 rings (SSSR count). The number of pyridine rings is 1. The Kier molecular flexibility index (Phi) is 4.70. The number of Topliss-reactive ketones (excluding diaryl/α,β-unsaturated/α-hetero) is 1. The number of hydrogen-bond donors (Lipinski definition) is 2. The highest BCUT2D eigenvalue weighted by molar-refractivity contribution is 6.62. The Morgan fingerprint density at radius 1 is 1.22 bits per heavy atom. The molecule has 1 unspecified atom stereocenters. The molecule has 0 amide bonds. The number of oxime groups is 1. The van der Waals surface area contributed by atoms with Crippen LogP contribution in [0.3, 0.4) is 0 Å². The maximum atomic E-state index is 13.0. The summed E-state index contributed by atoms with van der Waals surface area (Å²) in [4.78, 5) is 17.1. The average molecular weight is 359 g/mol. The van der Waals surface area contributed by atoms with Crippen LogP contribution in [-0.2, 0) is 16.0 Å². The van der Waals surface area contributed by atoms with E-state index in [1.807, 2.05) is 30.3 Å². The van der Waals surface area contributed by atoms with E-state index in [0.29, 0.717) is 11.0 Å². The van der Waals surface area contributed by atoms with Gasteiger partial charge in [-0.15, -0.1) is 5.16 Å². The van der Waals surface area contributed by atoms with Crippen molar-refractivity contribution < 1.29 is 14.6 Å². The second-order valence-corrected chi connectivity index (χ2v) is 6.53. The van der Waals surface area contributed by atoms with Crippen molar-refractivity contribution in [3.05, 3.63) is 71.5 Å². The molecule has 1 aliphatic heterocycles. The fraction of sp³-hybridized carbons (Fsp3) is 0.150. The van der Waals surface area contributed by atoms with Crippen LogP contribution in [0.25, 0.3) is 10.8 Å². The second-order valence-electron chi connectivity index (χ2n) is 6.53. The molecule has 27 heavy (non-hydrogen) atoms. The normalized spacial score (nSPS) is 13.9. The largest absolute Gasteiger partial charge is 0.583 e. The van der Waals surface area contributed by atoms with Gasteiger partial charge in [0.1, 0.15) is 5.78 Å². The molecule has 1 atom stereocenters. The van der Waals surface area contributed by atoms with Crippen LogP contribution in [0.4, 0.5) is 0 Å². The standard InChI is InChI=1S/C20H18BN3O3/c22-10-17(16-2-1-3-19-18(16)12-24-27-21(19)26)20(25)9-13-4-5-15-11-23-7-6-14(15)8-13/h1-8,11-12,17,26H,9-10,22H2. The van der Waals surface area contributed by atoms with Crippen LogP contribution in [0.1, 0.15) is 22.6 Å². The van der Waals surface area contributed by atoms with E-state index in [4.69, 9.17) is 10.5 Å². The molecule has 3 N–H and O–H groups in total. The van der Waals surface area contributed by atoms with Gasteiger partial charge in [-0.3, -0.25) is 9.78 Å². The molecule has 6 nitrogen and oxygen atoms in total. The Morgan fingerprint density at radius 3 is 2.96 bits per heavy atom. The predicted molar refractivity (Wildman–Crippen MR) is 105 cm³/mol. The number of nitrogens with two attached hydrogens (primary N) is 1. The molecule has 0 fully saturated rings. The van der Waals surface area contributed by atoms with Crippen molar-refractivity contribution in [2.75, 3.05) is 6.54 Å². The molecule has 7 heteroatoms. The van der Waals surface area contributed by atoms with Gasteiger partial charge < -0.3 is 15.5 Å². The highest BCUT2D eigenvalue weighted by Gasteiger charge is 2.30. The summed E-state index contributed by atoms with van der Waals surface area (Å²) >= 11 is 0. The Hall–Kier alpha value is -3.03. The van der Waals surface area contributed by atoms with Crippen molar-refractivity contribution in [2.24, 2.45) is 10.9 Å². The zero-order chi connectivity index (χ0) is 18.8. The SMILES string of the molecule is NCC(C(=O)Cc1ccc2cnccc2c1)c1cccc2c1C=NOB2O. The van der Waals surface area contributed by atoms with E-state index in [-0.39, 0.29) is 18.7 Å². The summed E-state index contributed by atoms with van der Waals surface area (Å²) in [6.45, 7) is 0.178. The molecule has 1 aromatic heterocycles. The van der Waals surface area contributed by atoms with Crippen LogP contribution in [0.5, 0.6) is 0 Å². The lowest BCUT2D eigenvalue weighted by Crippen LogP contribution is -2.39. The number of carbonyl (C=O) groups excluding carboxylic acids is 1. The summed E-state index contributed by atoms with van der Waals surface area (Å²) < 4.78 is 4.87. The molecule has 0 aliphatic carbocycles. The summed E-state index contributed by atoms with van der Waals surface area (Å²) in [5.41, 5.74) is 8.93. The molecule has 134 valence electrons. The van der Waals surface area contributed by atoms with E-state index in [1.165, 1.54) is 6.21 Å². The first-order chi connectivity index (χ1) is 13.2. The number of fused-ring (bicyclic) bond motifs is 2. The van der Waals surface area contributed by atoms with Gasteiger partial charge in [0.25, 0.3) is 0 Å². The molecule has 3 aromatic rings. The van der Waals surface area contributed by atoms with Crippen LogP contribution in [-0.4, -0.2) is 35.7 Å². The first-order valence-corrected chi connectivity index (χ1v) is 8.73. The number of carbonyl (C=O) groups is 1. The van der Waals surface area contributed by atoms with Crippen molar-refractivity contribution >= 4 is 35.4 Å². The van der Waals surface area contributed by atoms with E-state index >= 15 is 0 Å². The van der Waals surface area contributed by atoms with E-state index in [1.54, 1.807) is 24.5 Å². The number of nitrogens with zero attached hydrogens (tertiary/aromatic N) is 2. The minimum absolute atomic E-state index is 0.0219.